The number of hydrogen-bond donors (Lipinski definition) is 0. The molecular formula is C16H15Cl2I. The number of benzene rings is 2. The van der Waals surface area contributed by atoms with Gasteiger partial charge in [0.15, 0.2) is 0 Å². The second kappa shape index (κ2) is 6.47. The molecule has 1 atom stereocenters. The average Bonchev–Trinajstić information content (AvgIpc) is 2.36. The standard InChI is InChI=1S/C16H15Cl2I/c1-10-3-4-12(7-11(10)2)8-15(18)14-9-13(17)5-6-16(14)19/h3-7,9,15H,8H2,1-2H3. The van der Waals surface area contributed by atoms with E-state index in [2.05, 4.69) is 54.6 Å². The monoisotopic (exact) mass is 404 g/mol. The summed E-state index contributed by atoms with van der Waals surface area (Å²) in [7, 11) is 0. The lowest BCUT2D eigenvalue weighted by Crippen LogP contribution is -1.99. The molecule has 0 aliphatic rings. The zero-order chi connectivity index (χ0) is 14.0. The molecule has 19 heavy (non-hydrogen) atoms. The van der Waals surface area contributed by atoms with Crippen molar-refractivity contribution in [3.63, 3.8) is 0 Å². The molecule has 100 valence electrons. The van der Waals surface area contributed by atoms with E-state index in [9.17, 15) is 0 Å². The van der Waals surface area contributed by atoms with Gasteiger partial charge in [-0.25, -0.2) is 0 Å². The van der Waals surface area contributed by atoms with E-state index in [-0.39, 0.29) is 5.38 Å². The highest BCUT2D eigenvalue weighted by Gasteiger charge is 2.13. The quantitative estimate of drug-likeness (QED) is 0.429. The van der Waals surface area contributed by atoms with Gasteiger partial charge in [-0.1, -0.05) is 29.8 Å². The van der Waals surface area contributed by atoms with Crippen molar-refractivity contribution in [2.45, 2.75) is 25.6 Å². The Morgan fingerprint density at radius 3 is 2.47 bits per heavy atom. The molecule has 3 heteroatoms. The van der Waals surface area contributed by atoms with Crippen molar-refractivity contribution < 1.29 is 0 Å². The van der Waals surface area contributed by atoms with Crippen LogP contribution in [0.5, 0.6) is 0 Å². The lowest BCUT2D eigenvalue weighted by atomic mass is 10.0. The topological polar surface area (TPSA) is 0 Å². The largest absolute Gasteiger partial charge is 0.117 e. The molecule has 0 aromatic heterocycles. The Morgan fingerprint density at radius 1 is 1.05 bits per heavy atom. The van der Waals surface area contributed by atoms with E-state index in [4.69, 9.17) is 23.2 Å². The van der Waals surface area contributed by atoms with Crippen LogP contribution in [0.4, 0.5) is 0 Å². The number of halogens is 3. The van der Waals surface area contributed by atoms with Crippen molar-refractivity contribution in [1.29, 1.82) is 0 Å². The SMILES string of the molecule is Cc1ccc(CC(Cl)c2cc(Cl)ccc2I)cc1C. The van der Waals surface area contributed by atoms with Crippen molar-refractivity contribution in [2.24, 2.45) is 0 Å². The fraction of sp³-hybridized carbons (Fsp3) is 0.250. The first-order chi connectivity index (χ1) is 8.97. The molecule has 0 bridgehead atoms. The maximum absolute atomic E-state index is 6.55. The van der Waals surface area contributed by atoms with Crippen molar-refractivity contribution in [2.75, 3.05) is 0 Å². The Morgan fingerprint density at radius 2 is 1.79 bits per heavy atom. The van der Waals surface area contributed by atoms with E-state index in [1.54, 1.807) is 0 Å². The van der Waals surface area contributed by atoms with Crippen LogP contribution in [0.25, 0.3) is 0 Å². The van der Waals surface area contributed by atoms with Crippen LogP contribution in [0.1, 0.15) is 27.6 Å². The molecular weight excluding hydrogens is 390 g/mol. The van der Waals surface area contributed by atoms with Crippen molar-refractivity contribution in [1.82, 2.24) is 0 Å². The van der Waals surface area contributed by atoms with E-state index in [1.165, 1.54) is 16.7 Å². The first-order valence-corrected chi connectivity index (χ1v) is 8.02. The molecule has 2 aromatic carbocycles. The summed E-state index contributed by atoms with van der Waals surface area (Å²) in [5.41, 5.74) is 4.99. The summed E-state index contributed by atoms with van der Waals surface area (Å²) < 4.78 is 1.16. The van der Waals surface area contributed by atoms with Gasteiger partial charge in [0, 0.05) is 8.59 Å². The smallest absolute Gasteiger partial charge is 0.0636 e. The summed E-state index contributed by atoms with van der Waals surface area (Å²) in [5.74, 6) is 0. The third kappa shape index (κ3) is 3.87. The highest BCUT2D eigenvalue weighted by Crippen LogP contribution is 2.31. The third-order valence-electron chi connectivity index (χ3n) is 3.28. The average molecular weight is 405 g/mol. The summed E-state index contributed by atoms with van der Waals surface area (Å²) in [6, 6.07) is 12.4. The first-order valence-electron chi connectivity index (χ1n) is 6.12. The van der Waals surface area contributed by atoms with Crippen LogP contribution in [0.3, 0.4) is 0 Å². The normalized spacial score (nSPS) is 12.5. The van der Waals surface area contributed by atoms with Crippen LogP contribution in [-0.4, -0.2) is 0 Å². The van der Waals surface area contributed by atoms with Crippen LogP contribution in [0.2, 0.25) is 5.02 Å². The summed E-state index contributed by atoms with van der Waals surface area (Å²) in [6.45, 7) is 4.25. The van der Waals surface area contributed by atoms with Crippen molar-refractivity contribution >= 4 is 45.8 Å². The minimum absolute atomic E-state index is 0.0484. The summed E-state index contributed by atoms with van der Waals surface area (Å²) in [6.07, 6.45) is 0.818. The fourth-order valence-corrected chi connectivity index (χ4v) is 3.44. The third-order valence-corrected chi connectivity index (χ3v) is 4.89. The number of aryl methyl sites for hydroxylation is 2. The molecule has 0 nitrogen and oxygen atoms in total. The molecule has 0 amide bonds. The van der Waals surface area contributed by atoms with E-state index in [1.807, 2.05) is 18.2 Å². The second-order valence-electron chi connectivity index (χ2n) is 4.76. The minimum Gasteiger partial charge on any atom is -0.117 e. The molecule has 0 saturated carbocycles. The number of alkyl halides is 1. The van der Waals surface area contributed by atoms with E-state index < -0.39 is 0 Å². The highest BCUT2D eigenvalue weighted by atomic mass is 127. The first kappa shape index (κ1) is 15.1. The number of hydrogen-bond acceptors (Lipinski definition) is 0. The van der Waals surface area contributed by atoms with Crippen LogP contribution in [-0.2, 0) is 6.42 Å². The Bertz CT molecular complexity index is 593. The van der Waals surface area contributed by atoms with E-state index in [0.717, 1.165) is 20.6 Å². The zero-order valence-corrected chi connectivity index (χ0v) is 14.6. The molecule has 0 spiro atoms. The molecule has 0 aliphatic heterocycles. The Hall–Kier alpha value is -0.250. The van der Waals surface area contributed by atoms with Crippen LogP contribution in [0, 0.1) is 17.4 Å². The second-order valence-corrected chi connectivity index (χ2v) is 6.88. The fourth-order valence-electron chi connectivity index (χ4n) is 2.00. The Kier molecular flexibility index (Phi) is 5.15. The zero-order valence-electron chi connectivity index (χ0n) is 10.9. The van der Waals surface area contributed by atoms with E-state index >= 15 is 0 Å². The van der Waals surface area contributed by atoms with Gasteiger partial charge in [0.2, 0.25) is 0 Å². The molecule has 0 aliphatic carbocycles. The maximum Gasteiger partial charge on any atom is 0.0636 e. The summed E-state index contributed by atoms with van der Waals surface area (Å²) in [4.78, 5) is 0. The molecule has 0 N–H and O–H groups in total. The van der Waals surface area contributed by atoms with Gasteiger partial charge in [0.05, 0.1) is 5.38 Å². The molecule has 0 radical (unpaired) electrons. The van der Waals surface area contributed by atoms with Gasteiger partial charge in [-0.15, -0.1) is 11.6 Å². The van der Waals surface area contributed by atoms with Gasteiger partial charge < -0.3 is 0 Å². The van der Waals surface area contributed by atoms with Gasteiger partial charge >= 0.3 is 0 Å². The van der Waals surface area contributed by atoms with Gasteiger partial charge in [-0.3, -0.25) is 0 Å². The predicted molar refractivity (Wildman–Crippen MR) is 92.4 cm³/mol. The number of rotatable bonds is 3. The lowest BCUT2D eigenvalue weighted by molar-refractivity contribution is 0.911. The molecule has 2 aromatic rings. The van der Waals surface area contributed by atoms with Gasteiger partial charge in [0.25, 0.3) is 0 Å². The van der Waals surface area contributed by atoms with Gasteiger partial charge in [-0.05, 0) is 83.3 Å². The van der Waals surface area contributed by atoms with Crippen LogP contribution >= 0.6 is 45.8 Å². The molecule has 0 saturated heterocycles. The maximum atomic E-state index is 6.55. The Labute approximate surface area is 138 Å². The van der Waals surface area contributed by atoms with Crippen LogP contribution in [0.15, 0.2) is 36.4 Å². The molecule has 0 fully saturated rings. The van der Waals surface area contributed by atoms with Gasteiger partial charge in [0.1, 0.15) is 0 Å². The van der Waals surface area contributed by atoms with Crippen LogP contribution < -0.4 is 0 Å². The van der Waals surface area contributed by atoms with Crippen molar-refractivity contribution in [3.05, 3.63) is 67.2 Å². The predicted octanol–water partition coefficient (Wildman–Crippen LogP) is 6.08. The summed E-state index contributed by atoms with van der Waals surface area (Å²) >= 11 is 14.9. The van der Waals surface area contributed by atoms with E-state index in [0.29, 0.717) is 0 Å². The summed E-state index contributed by atoms with van der Waals surface area (Å²) in [5, 5.41) is 0.689. The molecule has 2 rings (SSSR count). The Balaban J connectivity index is 2.22. The highest BCUT2D eigenvalue weighted by molar-refractivity contribution is 14.1. The molecule has 1 unspecified atom stereocenters. The van der Waals surface area contributed by atoms with Gasteiger partial charge in [-0.2, -0.15) is 0 Å². The minimum atomic E-state index is -0.0484. The molecule has 0 heterocycles. The lowest BCUT2D eigenvalue weighted by Gasteiger charge is -2.13. The van der Waals surface area contributed by atoms with Crippen molar-refractivity contribution in [3.8, 4) is 0 Å².